The Bertz CT molecular complexity index is 669. The Morgan fingerprint density at radius 2 is 1.80 bits per heavy atom. The van der Waals surface area contributed by atoms with Gasteiger partial charge in [-0.15, -0.1) is 0 Å². The smallest absolute Gasteiger partial charge is 0.224 e. The number of carbonyl (C=O) groups is 1. The lowest BCUT2D eigenvalue weighted by Gasteiger charge is -2.32. The Morgan fingerprint density at radius 3 is 2.52 bits per heavy atom. The lowest BCUT2D eigenvalue weighted by Crippen LogP contribution is -2.43. The molecule has 0 spiro atoms. The van der Waals surface area contributed by atoms with E-state index in [2.05, 4.69) is 58.7 Å². The number of amides is 1. The second kappa shape index (κ2) is 8.79. The van der Waals surface area contributed by atoms with Crippen molar-refractivity contribution in [1.82, 2.24) is 10.2 Å². The third kappa shape index (κ3) is 4.91. The molecule has 0 bridgehead atoms. The van der Waals surface area contributed by atoms with Crippen molar-refractivity contribution < 1.29 is 4.79 Å². The van der Waals surface area contributed by atoms with Crippen LogP contribution in [0.25, 0.3) is 11.1 Å². The monoisotopic (exact) mass is 337 g/mol. The van der Waals surface area contributed by atoms with Gasteiger partial charge in [0.1, 0.15) is 0 Å². The number of nitrogens with one attached hydrogen (secondary N) is 1. The van der Waals surface area contributed by atoms with Gasteiger partial charge in [0.05, 0.1) is 5.92 Å². The highest BCUT2D eigenvalue weighted by Gasteiger charge is 2.25. The molecule has 0 radical (unpaired) electrons. The van der Waals surface area contributed by atoms with Crippen molar-refractivity contribution in [2.75, 3.05) is 26.2 Å². The van der Waals surface area contributed by atoms with Crippen molar-refractivity contribution in [3.63, 3.8) is 0 Å². The lowest BCUT2D eigenvalue weighted by atomic mass is 9.96. The molecule has 1 heterocycles. The number of piperidine rings is 1. The van der Waals surface area contributed by atoms with Crippen LogP contribution in [0, 0.1) is 5.92 Å². The average Bonchev–Trinajstić information content (AvgIpc) is 2.67. The second-order valence-corrected chi connectivity index (χ2v) is 6.72. The summed E-state index contributed by atoms with van der Waals surface area (Å²) in [5, 5.41) is 2.92. The molecule has 0 saturated carbocycles. The average molecular weight is 337 g/mol. The van der Waals surface area contributed by atoms with Crippen LogP contribution >= 0.6 is 0 Å². The van der Waals surface area contributed by atoms with E-state index in [-0.39, 0.29) is 11.8 Å². The highest BCUT2D eigenvalue weighted by Crippen LogP contribution is 2.22. The summed E-state index contributed by atoms with van der Waals surface area (Å²) in [5.74, 6) is 0.235. The van der Waals surface area contributed by atoms with Crippen molar-refractivity contribution in [3.8, 4) is 11.1 Å². The number of hydrogen-bond donors (Lipinski definition) is 2. The van der Waals surface area contributed by atoms with E-state index in [9.17, 15) is 4.79 Å². The third-order valence-corrected chi connectivity index (χ3v) is 4.79. The van der Waals surface area contributed by atoms with Gasteiger partial charge in [0.2, 0.25) is 5.91 Å². The van der Waals surface area contributed by atoms with E-state index in [1.165, 1.54) is 16.7 Å². The van der Waals surface area contributed by atoms with Gasteiger partial charge in [0, 0.05) is 26.2 Å². The van der Waals surface area contributed by atoms with E-state index < -0.39 is 0 Å². The highest BCUT2D eigenvalue weighted by atomic mass is 16.1. The van der Waals surface area contributed by atoms with Crippen LogP contribution < -0.4 is 11.1 Å². The summed E-state index contributed by atoms with van der Waals surface area (Å²) in [6.07, 6.45) is 2.04. The summed E-state index contributed by atoms with van der Waals surface area (Å²) >= 11 is 0. The fourth-order valence-electron chi connectivity index (χ4n) is 3.44. The molecule has 3 rings (SSSR count). The molecule has 1 atom stereocenters. The maximum absolute atomic E-state index is 12.2. The maximum Gasteiger partial charge on any atom is 0.224 e. The molecular weight excluding hydrogens is 310 g/mol. The van der Waals surface area contributed by atoms with Gasteiger partial charge in [0.25, 0.3) is 0 Å². The van der Waals surface area contributed by atoms with Crippen LogP contribution in [0.1, 0.15) is 18.4 Å². The Balaban J connectivity index is 1.57. The van der Waals surface area contributed by atoms with Gasteiger partial charge in [-0.2, -0.15) is 0 Å². The second-order valence-electron chi connectivity index (χ2n) is 6.72. The summed E-state index contributed by atoms with van der Waals surface area (Å²) in [7, 11) is 0. The molecular formula is C21H27N3O. The van der Waals surface area contributed by atoms with Crippen LogP contribution in [-0.4, -0.2) is 37.0 Å². The largest absolute Gasteiger partial charge is 0.355 e. The fraction of sp³-hybridized carbons (Fsp3) is 0.381. The number of likely N-dealkylation sites (tertiary alicyclic amines) is 1. The van der Waals surface area contributed by atoms with E-state index in [1.807, 2.05) is 6.07 Å². The van der Waals surface area contributed by atoms with Gasteiger partial charge in [-0.25, -0.2) is 0 Å². The molecule has 4 nitrogen and oxygen atoms in total. The fourth-order valence-corrected chi connectivity index (χ4v) is 3.44. The van der Waals surface area contributed by atoms with Gasteiger partial charge >= 0.3 is 0 Å². The molecule has 1 unspecified atom stereocenters. The Morgan fingerprint density at radius 1 is 1.08 bits per heavy atom. The molecule has 132 valence electrons. The molecule has 0 aromatic heterocycles. The van der Waals surface area contributed by atoms with Crippen LogP contribution in [0.4, 0.5) is 0 Å². The molecule has 1 saturated heterocycles. The summed E-state index contributed by atoms with van der Waals surface area (Å²) in [6, 6.07) is 19.2. The zero-order valence-electron chi connectivity index (χ0n) is 14.7. The summed E-state index contributed by atoms with van der Waals surface area (Å²) in [6.45, 7) is 3.85. The SMILES string of the molecule is NCCNC(=O)C1CCCN(Cc2ccc(-c3ccccc3)cc2)C1. The van der Waals surface area contributed by atoms with Gasteiger partial charge < -0.3 is 11.1 Å². The van der Waals surface area contributed by atoms with E-state index >= 15 is 0 Å². The molecule has 25 heavy (non-hydrogen) atoms. The van der Waals surface area contributed by atoms with Gasteiger partial charge in [-0.05, 0) is 36.1 Å². The standard InChI is InChI=1S/C21H27N3O/c22-12-13-23-21(25)20-7-4-14-24(16-20)15-17-8-10-19(11-9-17)18-5-2-1-3-6-18/h1-3,5-6,8-11,20H,4,7,12-16,22H2,(H,23,25). The molecule has 1 aliphatic rings. The van der Waals surface area contributed by atoms with Crippen molar-refractivity contribution in [3.05, 3.63) is 60.2 Å². The molecule has 4 heteroatoms. The van der Waals surface area contributed by atoms with Crippen molar-refractivity contribution >= 4 is 5.91 Å². The first-order valence-corrected chi connectivity index (χ1v) is 9.11. The minimum absolute atomic E-state index is 0.0869. The highest BCUT2D eigenvalue weighted by molar-refractivity contribution is 5.78. The Hall–Kier alpha value is -2.17. The van der Waals surface area contributed by atoms with Crippen molar-refractivity contribution in [2.45, 2.75) is 19.4 Å². The van der Waals surface area contributed by atoms with E-state index in [0.717, 1.165) is 32.5 Å². The summed E-state index contributed by atoms with van der Waals surface area (Å²) in [5.41, 5.74) is 9.24. The van der Waals surface area contributed by atoms with Gasteiger partial charge in [-0.1, -0.05) is 54.6 Å². The van der Waals surface area contributed by atoms with Gasteiger partial charge in [0.15, 0.2) is 0 Å². The first-order valence-electron chi connectivity index (χ1n) is 9.11. The van der Waals surface area contributed by atoms with Crippen molar-refractivity contribution in [2.24, 2.45) is 11.7 Å². The van der Waals surface area contributed by atoms with Gasteiger partial charge in [-0.3, -0.25) is 9.69 Å². The zero-order chi connectivity index (χ0) is 17.5. The van der Waals surface area contributed by atoms with E-state index in [1.54, 1.807) is 0 Å². The number of hydrogen-bond acceptors (Lipinski definition) is 3. The number of carbonyl (C=O) groups excluding carboxylic acids is 1. The normalized spacial score (nSPS) is 18.0. The van der Waals surface area contributed by atoms with Crippen LogP contribution in [-0.2, 0) is 11.3 Å². The predicted molar refractivity (Wildman–Crippen MR) is 102 cm³/mol. The molecule has 0 aliphatic carbocycles. The van der Waals surface area contributed by atoms with Crippen LogP contribution in [0.3, 0.4) is 0 Å². The Labute approximate surface area is 150 Å². The molecule has 1 aliphatic heterocycles. The molecule has 1 fully saturated rings. The number of nitrogens with zero attached hydrogens (tertiary/aromatic N) is 1. The van der Waals surface area contributed by atoms with Crippen LogP contribution in [0.2, 0.25) is 0 Å². The van der Waals surface area contributed by atoms with Crippen LogP contribution in [0.15, 0.2) is 54.6 Å². The molecule has 2 aromatic carbocycles. The molecule has 2 aromatic rings. The molecule has 3 N–H and O–H groups in total. The molecule has 1 amide bonds. The topological polar surface area (TPSA) is 58.4 Å². The minimum atomic E-state index is 0.0869. The maximum atomic E-state index is 12.2. The first kappa shape index (κ1) is 17.6. The first-order chi connectivity index (χ1) is 12.3. The number of rotatable bonds is 6. The third-order valence-electron chi connectivity index (χ3n) is 4.79. The predicted octanol–water partition coefficient (Wildman–Crippen LogP) is 2.64. The lowest BCUT2D eigenvalue weighted by molar-refractivity contribution is -0.126. The number of benzene rings is 2. The summed E-state index contributed by atoms with van der Waals surface area (Å²) in [4.78, 5) is 14.5. The Kier molecular flexibility index (Phi) is 6.20. The number of nitrogens with two attached hydrogens (primary N) is 1. The summed E-state index contributed by atoms with van der Waals surface area (Å²) < 4.78 is 0. The van der Waals surface area contributed by atoms with Crippen LogP contribution in [0.5, 0.6) is 0 Å². The van der Waals surface area contributed by atoms with E-state index in [0.29, 0.717) is 13.1 Å². The minimum Gasteiger partial charge on any atom is -0.355 e. The van der Waals surface area contributed by atoms with E-state index in [4.69, 9.17) is 5.73 Å². The quantitative estimate of drug-likeness (QED) is 0.852. The van der Waals surface area contributed by atoms with Crippen molar-refractivity contribution in [1.29, 1.82) is 0 Å². The zero-order valence-corrected chi connectivity index (χ0v) is 14.7.